The summed E-state index contributed by atoms with van der Waals surface area (Å²) in [6, 6.07) is 0. The first kappa shape index (κ1) is 29.8. The van der Waals surface area contributed by atoms with Crippen LogP contribution < -0.4 is 34.2 Å². The SMILES string of the molecule is C.C[Si](C)(C)N[Si](C)(C)C.C[Si](C)(C)[N-][Si](C)(C)C.[Na+]. The minimum atomic E-state index is -1.11. The summed E-state index contributed by atoms with van der Waals surface area (Å²) in [5.74, 6) is 0. The molecule has 0 fully saturated rings. The molecule has 0 aliphatic rings. The summed E-state index contributed by atoms with van der Waals surface area (Å²) in [7, 11) is -4.17. The Kier molecular flexibility index (Phi) is 15.7. The molecule has 2 nitrogen and oxygen atoms in total. The van der Waals surface area contributed by atoms with E-state index in [2.05, 4.69) is 83.2 Å². The molecule has 0 saturated carbocycles. The number of nitrogens with one attached hydrogen (secondary N) is 1. The van der Waals surface area contributed by atoms with Crippen molar-refractivity contribution >= 4 is 32.9 Å². The van der Waals surface area contributed by atoms with Gasteiger partial charge in [-0.05, 0) is 0 Å². The predicted molar refractivity (Wildman–Crippen MR) is 107 cm³/mol. The minimum Gasteiger partial charge on any atom is -0.668 e. The van der Waals surface area contributed by atoms with Crippen molar-refractivity contribution in [3.05, 3.63) is 4.65 Å². The van der Waals surface area contributed by atoms with Crippen molar-refractivity contribution in [1.29, 1.82) is 0 Å². The average Bonchev–Trinajstić information content (AvgIpc) is 1.64. The summed E-state index contributed by atoms with van der Waals surface area (Å²) in [5, 5.41) is 0. The van der Waals surface area contributed by atoms with E-state index in [-0.39, 0.29) is 37.0 Å². The van der Waals surface area contributed by atoms with E-state index >= 15 is 0 Å². The van der Waals surface area contributed by atoms with Gasteiger partial charge in [-0.2, -0.15) is 0 Å². The molecule has 0 rings (SSSR count). The summed E-state index contributed by atoms with van der Waals surface area (Å²) in [6.45, 7) is 27.9. The Balaban J connectivity index is -0.000000116. The Morgan fingerprint density at radius 2 is 0.750 bits per heavy atom. The van der Waals surface area contributed by atoms with E-state index in [0.717, 1.165) is 0 Å². The molecule has 120 valence electrons. The van der Waals surface area contributed by atoms with Gasteiger partial charge in [0.05, 0.1) is 0 Å². The molecule has 0 bridgehead atoms. The molecule has 0 aromatic carbocycles. The third-order valence-corrected chi connectivity index (χ3v) is 12.8. The van der Waals surface area contributed by atoms with Crippen LogP contribution in [0, 0.1) is 0 Å². The van der Waals surface area contributed by atoms with Crippen LogP contribution in [0.4, 0.5) is 0 Å². The van der Waals surface area contributed by atoms with E-state index in [0.29, 0.717) is 0 Å². The molecular formula is C13H41N2NaSi4. The maximum absolute atomic E-state index is 4.82. The fraction of sp³-hybridized carbons (Fsp3) is 1.00. The first-order valence-corrected chi connectivity index (χ1v) is 20.8. The van der Waals surface area contributed by atoms with E-state index in [1.165, 1.54) is 0 Å². The van der Waals surface area contributed by atoms with Gasteiger partial charge in [-0.15, -0.1) is 0 Å². The molecule has 0 atom stereocenters. The van der Waals surface area contributed by atoms with Gasteiger partial charge in [0.1, 0.15) is 16.5 Å². The Morgan fingerprint density at radius 1 is 0.550 bits per heavy atom. The van der Waals surface area contributed by atoms with Crippen LogP contribution in [-0.4, -0.2) is 32.9 Å². The summed E-state index contributed by atoms with van der Waals surface area (Å²) >= 11 is 0. The smallest absolute Gasteiger partial charge is 0.668 e. The molecule has 20 heavy (non-hydrogen) atoms. The van der Waals surface area contributed by atoms with Crippen LogP contribution in [0.3, 0.4) is 0 Å². The number of hydrogen-bond donors (Lipinski definition) is 1. The zero-order valence-corrected chi connectivity index (χ0v) is 21.9. The van der Waals surface area contributed by atoms with Gasteiger partial charge in [0, 0.05) is 0 Å². The van der Waals surface area contributed by atoms with E-state index in [1.54, 1.807) is 0 Å². The third kappa shape index (κ3) is 36.7. The molecule has 0 heterocycles. The predicted octanol–water partition coefficient (Wildman–Crippen LogP) is 2.92. The Hall–Kier alpha value is 1.79. The number of rotatable bonds is 4. The molecule has 7 heteroatoms. The van der Waals surface area contributed by atoms with Gasteiger partial charge in [-0.1, -0.05) is 102 Å². The van der Waals surface area contributed by atoms with Crippen molar-refractivity contribution in [3.8, 4) is 0 Å². The van der Waals surface area contributed by atoms with Crippen molar-refractivity contribution in [3.63, 3.8) is 0 Å². The van der Waals surface area contributed by atoms with E-state index < -0.39 is 32.9 Å². The second kappa shape index (κ2) is 10.5. The van der Waals surface area contributed by atoms with Gasteiger partial charge < -0.3 is 9.30 Å². The number of hydrogen-bond acceptors (Lipinski definition) is 1. The van der Waals surface area contributed by atoms with Crippen LogP contribution in [0.5, 0.6) is 0 Å². The van der Waals surface area contributed by atoms with E-state index in [1.807, 2.05) is 0 Å². The topological polar surface area (TPSA) is 26.1 Å². The van der Waals surface area contributed by atoms with Crippen LogP contribution in [0.2, 0.25) is 78.6 Å². The average molecular weight is 361 g/mol. The van der Waals surface area contributed by atoms with Gasteiger partial charge in [0.25, 0.3) is 0 Å². The van der Waals surface area contributed by atoms with Crippen molar-refractivity contribution in [2.75, 3.05) is 0 Å². The molecule has 0 spiro atoms. The fourth-order valence-electron chi connectivity index (χ4n) is 2.13. The van der Waals surface area contributed by atoms with Crippen LogP contribution in [-0.2, 0) is 0 Å². The van der Waals surface area contributed by atoms with Crippen LogP contribution in [0.15, 0.2) is 0 Å². The molecular weight excluding hydrogens is 319 g/mol. The van der Waals surface area contributed by atoms with Gasteiger partial charge >= 0.3 is 29.6 Å². The zero-order valence-electron chi connectivity index (χ0n) is 15.9. The van der Waals surface area contributed by atoms with E-state index in [4.69, 9.17) is 4.65 Å². The van der Waals surface area contributed by atoms with Crippen molar-refractivity contribution < 1.29 is 29.6 Å². The standard InChI is InChI=1S/C6H19NSi2.C6H18NSi2.CH4.Na/c2*1-8(2,3)7-9(4,5)6;;/h7H,1-6H3;1-6H3;1H4;/q;-1;;+1. The van der Waals surface area contributed by atoms with Crippen molar-refractivity contribution in [2.45, 2.75) is 86.0 Å². The number of nitrogens with zero attached hydrogens (tertiary/aromatic N) is 1. The molecule has 0 aromatic rings. The molecule has 0 unspecified atom stereocenters. The summed E-state index contributed by atoms with van der Waals surface area (Å²) < 4.78 is 8.56. The second-order valence-corrected chi connectivity index (χ2v) is 28.7. The molecule has 1 N–H and O–H groups in total. The maximum Gasteiger partial charge on any atom is 1.00 e. The summed E-state index contributed by atoms with van der Waals surface area (Å²) in [4.78, 5) is 0. The monoisotopic (exact) mass is 360 g/mol. The molecule has 0 saturated heterocycles. The zero-order chi connectivity index (χ0) is 15.4. The van der Waals surface area contributed by atoms with Gasteiger partial charge in [-0.3, -0.25) is 0 Å². The van der Waals surface area contributed by atoms with Crippen LogP contribution in [0.25, 0.3) is 4.65 Å². The largest absolute Gasteiger partial charge is 1.00 e. The van der Waals surface area contributed by atoms with Crippen molar-refractivity contribution in [2.24, 2.45) is 0 Å². The second-order valence-electron chi connectivity index (χ2n) is 9.08. The van der Waals surface area contributed by atoms with Crippen LogP contribution >= 0.6 is 0 Å². The minimum absolute atomic E-state index is 0. The molecule has 0 radical (unpaired) electrons. The maximum atomic E-state index is 4.82. The van der Waals surface area contributed by atoms with Gasteiger partial charge in [0.2, 0.25) is 0 Å². The first-order chi connectivity index (χ1) is 7.41. The Bertz CT molecular complexity index is 185. The molecule has 0 aliphatic heterocycles. The fourth-order valence-corrected chi connectivity index (χ4v) is 19.2. The van der Waals surface area contributed by atoms with Crippen LogP contribution in [0.1, 0.15) is 7.43 Å². The van der Waals surface area contributed by atoms with Gasteiger partial charge in [-0.25, -0.2) is 0 Å². The molecule has 0 amide bonds. The normalized spacial score (nSPS) is 12.6. The summed E-state index contributed by atoms with van der Waals surface area (Å²) in [5.41, 5.74) is 0. The molecule has 0 aromatic heterocycles. The van der Waals surface area contributed by atoms with E-state index in [9.17, 15) is 0 Å². The quantitative estimate of drug-likeness (QED) is 0.766. The molecule has 0 aliphatic carbocycles. The van der Waals surface area contributed by atoms with Crippen molar-refractivity contribution in [1.82, 2.24) is 4.65 Å². The third-order valence-electron chi connectivity index (χ3n) is 1.42. The first-order valence-electron chi connectivity index (χ1n) is 6.95. The van der Waals surface area contributed by atoms with Gasteiger partial charge in [0.15, 0.2) is 0 Å². The Morgan fingerprint density at radius 3 is 0.750 bits per heavy atom. The summed E-state index contributed by atoms with van der Waals surface area (Å²) in [6.07, 6.45) is 0. The Labute approximate surface area is 156 Å².